The SMILES string of the molecule is CCCC[C@@]1(C)CC[C@H]2[C@H](C)C(=O)O[C@@H]2C1. The average molecular weight is 224 g/mol. The zero-order valence-electron chi connectivity index (χ0n) is 10.8. The molecule has 16 heavy (non-hydrogen) atoms. The van der Waals surface area contributed by atoms with Gasteiger partial charge in [0.1, 0.15) is 6.10 Å². The predicted octanol–water partition coefficient (Wildman–Crippen LogP) is 3.54. The Hall–Kier alpha value is -0.530. The molecule has 0 unspecified atom stereocenters. The first-order chi connectivity index (χ1) is 7.56. The van der Waals surface area contributed by atoms with Crippen molar-refractivity contribution in [3.8, 4) is 0 Å². The quantitative estimate of drug-likeness (QED) is 0.685. The van der Waals surface area contributed by atoms with Gasteiger partial charge in [0.15, 0.2) is 0 Å². The van der Waals surface area contributed by atoms with Crippen molar-refractivity contribution in [2.75, 3.05) is 0 Å². The standard InChI is InChI=1S/C14H24O2/c1-4-5-7-14(3)8-6-11-10(2)13(15)16-12(11)9-14/h10-12H,4-9H2,1-3H3/t10-,11-,12+,14-/m0/s1. The van der Waals surface area contributed by atoms with E-state index in [-0.39, 0.29) is 18.0 Å². The zero-order valence-corrected chi connectivity index (χ0v) is 10.8. The molecule has 0 aromatic rings. The van der Waals surface area contributed by atoms with Crippen LogP contribution in [0.4, 0.5) is 0 Å². The number of carbonyl (C=O) groups excluding carboxylic acids is 1. The second kappa shape index (κ2) is 4.38. The topological polar surface area (TPSA) is 26.3 Å². The minimum absolute atomic E-state index is 0.0368. The van der Waals surface area contributed by atoms with Crippen LogP contribution in [0.1, 0.15) is 59.3 Å². The van der Waals surface area contributed by atoms with Crippen molar-refractivity contribution in [1.29, 1.82) is 0 Å². The van der Waals surface area contributed by atoms with Gasteiger partial charge in [-0.2, -0.15) is 0 Å². The summed E-state index contributed by atoms with van der Waals surface area (Å²) in [6, 6.07) is 0. The van der Waals surface area contributed by atoms with Crippen LogP contribution in [0.15, 0.2) is 0 Å². The van der Waals surface area contributed by atoms with Crippen molar-refractivity contribution in [2.45, 2.75) is 65.4 Å². The highest BCUT2D eigenvalue weighted by molar-refractivity contribution is 5.74. The van der Waals surface area contributed by atoms with E-state index in [9.17, 15) is 4.79 Å². The van der Waals surface area contributed by atoms with Gasteiger partial charge in [0, 0.05) is 5.92 Å². The maximum atomic E-state index is 11.5. The summed E-state index contributed by atoms with van der Waals surface area (Å²) in [5.41, 5.74) is 0.418. The molecule has 0 bridgehead atoms. The molecule has 2 rings (SSSR count). The van der Waals surface area contributed by atoms with Gasteiger partial charge in [-0.3, -0.25) is 4.79 Å². The maximum absolute atomic E-state index is 11.5. The Kier molecular flexibility index (Phi) is 3.27. The highest BCUT2D eigenvalue weighted by Crippen LogP contribution is 2.48. The Bertz CT molecular complexity index is 274. The molecule has 1 aliphatic heterocycles. The van der Waals surface area contributed by atoms with Gasteiger partial charge >= 0.3 is 5.97 Å². The third-order valence-electron chi connectivity index (χ3n) is 4.67. The molecule has 0 aromatic carbocycles. The Morgan fingerprint density at radius 3 is 2.94 bits per heavy atom. The molecule has 2 heteroatoms. The molecule has 1 heterocycles. The first-order valence-electron chi connectivity index (χ1n) is 6.76. The van der Waals surface area contributed by atoms with Gasteiger partial charge in [-0.1, -0.05) is 33.6 Å². The summed E-state index contributed by atoms with van der Waals surface area (Å²) in [5, 5.41) is 0. The van der Waals surface area contributed by atoms with Crippen molar-refractivity contribution in [1.82, 2.24) is 0 Å². The van der Waals surface area contributed by atoms with Crippen LogP contribution in [0.3, 0.4) is 0 Å². The zero-order chi connectivity index (χ0) is 11.8. The van der Waals surface area contributed by atoms with Crippen LogP contribution in [0.2, 0.25) is 0 Å². The van der Waals surface area contributed by atoms with Gasteiger partial charge in [0.2, 0.25) is 0 Å². The van der Waals surface area contributed by atoms with E-state index in [0.717, 1.165) is 6.42 Å². The second-order valence-electron chi connectivity index (χ2n) is 6.08. The summed E-state index contributed by atoms with van der Waals surface area (Å²) >= 11 is 0. The van der Waals surface area contributed by atoms with E-state index in [0.29, 0.717) is 11.3 Å². The average Bonchev–Trinajstić information content (AvgIpc) is 2.51. The summed E-state index contributed by atoms with van der Waals surface area (Å²) in [4.78, 5) is 11.5. The van der Waals surface area contributed by atoms with Crippen LogP contribution in [0.25, 0.3) is 0 Å². The number of rotatable bonds is 3. The van der Waals surface area contributed by atoms with Crippen molar-refractivity contribution < 1.29 is 9.53 Å². The first kappa shape index (κ1) is 11.9. The molecule has 0 amide bonds. The smallest absolute Gasteiger partial charge is 0.309 e. The van der Waals surface area contributed by atoms with Crippen molar-refractivity contribution in [3.63, 3.8) is 0 Å². The third kappa shape index (κ3) is 2.11. The number of unbranched alkanes of at least 4 members (excludes halogenated alkanes) is 1. The number of esters is 1. The van der Waals surface area contributed by atoms with Crippen LogP contribution in [0, 0.1) is 17.3 Å². The lowest BCUT2D eigenvalue weighted by molar-refractivity contribution is -0.145. The molecule has 0 radical (unpaired) electrons. The normalized spacial score (nSPS) is 42.9. The number of hydrogen-bond donors (Lipinski definition) is 0. The van der Waals surface area contributed by atoms with Crippen LogP contribution >= 0.6 is 0 Å². The van der Waals surface area contributed by atoms with E-state index in [1.54, 1.807) is 0 Å². The summed E-state index contributed by atoms with van der Waals surface area (Å²) in [6.45, 7) is 6.64. The Labute approximate surface area is 98.7 Å². The molecule has 2 aliphatic rings. The summed E-state index contributed by atoms with van der Waals surface area (Å²) in [6.07, 6.45) is 7.62. The third-order valence-corrected chi connectivity index (χ3v) is 4.67. The highest BCUT2D eigenvalue weighted by Gasteiger charge is 2.48. The largest absolute Gasteiger partial charge is 0.462 e. The molecule has 0 N–H and O–H groups in total. The van der Waals surface area contributed by atoms with E-state index >= 15 is 0 Å². The lowest BCUT2D eigenvalue weighted by Crippen LogP contribution is -2.34. The van der Waals surface area contributed by atoms with Gasteiger partial charge in [0.05, 0.1) is 5.92 Å². The van der Waals surface area contributed by atoms with Crippen LogP contribution in [-0.4, -0.2) is 12.1 Å². The Morgan fingerprint density at radius 2 is 2.25 bits per heavy atom. The first-order valence-corrected chi connectivity index (χ1v) is 6.76. The van der Waals surface area contributed by atoms with E-state index in [2.05, 4.69) is 13.8 Å². The molecule has 0 aromatic heterocycles. The van der Waals surface area contributed by atoms with Crippen LogP contribution in [-0.2, 0) is 9.53 Å². The molecule has 1 saturated heterocycles. The summed E-state index contributed by atoms with van der Waals surface area (Å²) in [5.74, 6) is 0.678. The molecule has 0 spiro atoms. The molecule has 2 fully saturated rings. The van der Waals surface area contributed by atoms with Gasteiger partial charge in [-0.15, -0.1) is 0 Å². The number of ether oxygens (including phenoxy) is 1. The summed E-state index contributed by atoms with van der Waals surface area (Å²) in [7, 11) is 0. The lowest BCUT2D eigenvalue weighted by Gasteiger charge is -2.39. The highest BCUT2D eigenvalue weighted by atomic mass is 16.6. The van der Waals surface area contributed by atoms with Crippen LogP contribution < -0.4 is 0 Å². The monoisotopic (exact) mass is 224 g/mol. The number of fused-ring (bicyclic) bond motifs is 1. The number of carbonyl (C=O) groups is 1. The minimum atomic E-state index is 0.0368. The Morgan fingerprint density at radius 1 is 1.50 bits per heavy atom. The fourth-order valence-electron chi connectivity index (χ4n) is 3.40. The van der Waals surface area contributed by atoms with E-state index < -0.39 is 0 Å². The lowest BCUT2D eigenvalue weighted by atomic mass is 9.66. The van der Waals surface area contributed by atoms with Gasteiger partial charge < -0.3 is 4.74 Å². The molecule has 2 nitrogen and oxygen atoms in total. The van der Waals surface area contributed by atoms with E-state index in [1.807, 2.05) is 6.92 Å². The van der Waals surface area contributed by atoms with E-state index in [4.69, 9.17) is 4.74 Å². The molecule has 4 atom stereocenters. The molecular formula is C14H24O2. The number of hydrogen-bond acceptors (Lipinski definition) is 2. The van der Waals surface area contributed by atoms with Crippen molar-refractivity contribution in [2.24, 2.45) is 17.3 Å². The van der Waals surface area contributed by atoms with E-state index in [1.165, 1.54) is 32.1 Å². The van der Waals surface area contributed by atoms with Gasteiger partial charge in [-0.05, 0) is 31.1 Å². The molecule has 1 saturated carbocycles. The molecule has 92 valence electrons. The van der Waals surface area contributed by atoms with Crippen molar-refractivity contribution >= 4 is 5.97 Å². The maximum Gasteiger partial charge on any atom is 0.309 e. The fraction of sp³-hybridized carbons (Fsp3) is 0.929. The summed E-state index contributed by atoms with van der Waals surface area (Å²) < 4.78 is 5.51. The second-order valence-corrected chi connectivity index (χ2v) is 6.08. The Balaban J connectivity index is 1.98. The van der Waals surface area contributed by atoms with Gasteiger partial charge in [0.25, 0.3) is 0 Å². The van der Waals surface area contributed by atoms with Crippen molar-refractivity contribution in [3.05, 3.63) is 0 Å². The predicted molar refractivity (Wildman–Crippen MR) is 64.0 cm³/mol. The van der Waals surface area contributed by atoms with Gasteiger partial charge in [-0.25, -0.2) is 0 Å². The molecule has 1 aliphatic carbocycles. The van der Waals surface area contributed by atoms with Crippen LogP contribution in [0.5, 0.6) is 0 Å². The minimum Gasteiger partial charge on any atom is -0.462 e. The fourth-order valence-corrected chi connectivity index (χ4v) is 3.40. The molecular weight excluding hydrogens is 200 g/mol.